The van der Waals surface area contributed by atoms with E-state index in [0.717, 1.165) is 24.8 Å². The molecule has 1 N–H and O–H groups in total. The molecule has 0 amide bonds. The van der Waals surface area contributed by atoms with Gasteiger partial charge in [-0.2, -0.15) is 0 Å². The summed E-state index contributed by atoms with van der Waals surface area (Å²) in [5.74, 6) is 0. The summed E-state index contributed by atoms with van der Waals surface area (Å²) in [6.45, 7) is 0. The van der Waals surface area contributed by atoms with Gasteiger partial charge in [-0.05, 0) is 44.4 Å². The molecule has 2 unspecified atom stereocenters. The fourth-order valence-corrected chi connectivity index (χ4v) is 3.77. The number of aromatic nitrogens is 1. The van der Waals surface area contributed by atoms with Crippen molar-refractivity contribution in [3.8, 4) is 0 Å². The number of hydrogen-bond donors (Lipinski definition) is 1. The first-order valence-electron chi connectivity index (χ1n) is 6.99. The fourth-order valence-electron chi connectivity index (χ4n) is 3.77. The Morgan fingerprint density at radius 3 is 2.72 bits per heavy atom. The van der Waals surface area contributed by atoms with E-state index >= 15 is 0 Å². The molecule has 0 aliphatic carbocycles. The molecule has 0 radical (unpaired) electrons. The Morgan fingerprint density at radius 2 is 2.11 bits per heavy atom. The van der Waals surface area contributed by atoms with Crippen molar-refractivity contribution in [1.82, 2.24) is 9.88 Å². The van der Waals surface area contributed by atoms with Gasteiger partial charge in [0.25, 0.3) is 0 Å². The number of pyridine rings is 1. The third kappa shape index (κ3) is 2.29. The molecule has 2 bridgehead atoms. The number of aliphatic hydroxyl groups is 1. The van der Waals surface area contributed by atoms with Gasteiger partial charge in [-0.25, -0.2) is 0 Å². The minimum atomic E-state index is -0.523. The Bertz CT molecular complexity index is 392. The van der Waals surface area contributed by atoms with Crippen LogP contribution in [-0.4, -0.2) is 39.7 Å². The normalized spacial score (nSPS) is 36.6. The van der Waals surface area contributed by atoms with Gasteiger partial charge in [0.15, 0.2) is 0 Å². The summed E-state index contributed by atoms with van der Waals surface area (Å²) in [5, 5.41) is 10.9. The van der Waals surface area contributed by atoms with Crippen LogP contribution in [0.15, 0.2) is 24.5 Å². The van der Waals surface area contributed by atoms with E-state index in [4.69, 9.17) is 0 Å². The molecule has 2 atom stereocenters. The quantitative estimate of drug-likeness (QED) is 0.867. The predicted octanol–water partition coefficient (Wildman–Crippen LogP) is 2.00. The molecular formula is C15H22N2O. The Hall–Kier alpha value is -0.930. The second kappa shape index (κ2) is 4.63. The van der Waals surface area contributed by atoms with Crippen LogP contribution in [0.4, 0.5) is 0 Å². The zero-order chi connectivity index (χ0) is 12.6. The van der Waals surface area contributed by atoms with Gasteiger partial charge >= 0.3 is 0 Å². The maximum Gasteiger partial charge on any atom is 0.0718 e. The van der Waals surface area contributed by atoms with Crippen LogP contribution in [0, 0.1) is 0 Å². The van der Waals surface area contributed by atoms with Crippen LogP contribution >= 0.6 is 0 Å². The van der Waals surface area contributed by atoms with Gasteiger partial charge in [-0.15, -0.1) is 0 Å². The molecule has 0 aromatic carbocycles. The zero-order valence-electron chi connectivity index (χ0n) is 11.0. The molecule has 3 rings (SSSR count). The maximum atomic E-state index is 10.9. The molecule has 98 valence electrons. The zero-order valence-corrected chi connectivity index (χ0v) is 11.0. The van der Waals surface area contributed by atoms with Crippen molar-refractivity contribution in [2.24, 2.45) is 0 Å². The lowest BCUT2D eigenvalue weighted by Gasteiger charge is -2.50. The van der Waals surface area contributed by atoms with Crippen LogP contribution in [0.1, 0.15) is 37.7 Å². The molecule has 2 aliphatic heterocycles. The largest absolute Gasteiger partial charge is 0.389 e. The number of hydrogen-bond acceptors (Lipinski definition) is 3. The first-order valence-corrected chi connectivity index (χ1v) is 6.99. The average molecular weight is 246 g/mol. The summed E-state index contributed by atoms with van der Waals surface area (Å²) >= 11 is 0. The Balaban J connectivity index is 1.75. The van der Waals surface area contributed by atoms with Crippen LogP contribution in [-0.2, 0) is 6.42 Å². The van der Waals surface area contributed by atoms with Gasteiger partial charge in [0.2, 0.25) is 0 Å². The standard InChI is InChI=1S/C15H22N2O/c1-17-13-5-2-6-14(17)10-15(18,9-13)8-12-4-3-7-16-11-12/h3-4,7,11,13-14,18H,2,5-6,8-10H2,1H3. The Morgan fingerprint density at radius 1 is 1.39 bits per heavy atom. The van der Waals surface area contributed by atoms with Gasteiger partial charge in [-0.3, -0.25) is 4.98 Å². The molecule has 1 aromatic heterocycles. The van der Waals surface area contributed by atoms with Crippen molar-refractivity contribution in [2.75, 3.05) is 7.05 Å². The lowest BCUT2D eigenvalue weighted by molar-refractivity contribution is -0.0820. The van der Waals surface area contributed by atoms with E-state index in [2.05, 4.69) is 23.0 Å². The van der Waals surface area contributed by atoms with Gasteiger partial charge < -0.3 is 10.0 Å². The first kappa shape index (κ1) is 12.1. The summed E-state index contributed by atoms with van der Waals surface area (Å²) in [5.41, 5.74) is 0.633. The van der Waals surface area contributed by atoms with E-state index in [9.17, 15) is 5.11 Å². The molecule has 2 fully saturated rings. The van der Waals surface area contributed by atoms with Crippen molar-refractivity contribution in [3.05, 3.63) is 30.1 Å². The summed E-state index contributed by atoms with van der Waals surface area (Å²) in [6.07, 6.45) is 10.0. The van der Waals surface area contributed by atoms with E-state index in [1.165, 1.54) is 19.3 Å². The lowest BCUT2D eigenvalue weighted by Crippen LogP contribution is -2.57. The molecular weight excluding hydrogens is 224 g/mol. The third-order valence-corrected chi connectivity index (χ3v) is 4.71. The molecule has 3 nitrogen and oxygen atoms in total. The SMILES string of the molecule is CN1C2CCCC1CC(O)(Cc1cccnc1)C2. The highest BCUT2D eigenvalue weighted by Gasteiger charge is 2.43. The second-order valence-corrected chi connectivity index (χ2v) is 6.07. The molecule has 3 heterocycles. The van der Waals surface area contributed by atoms with Crippen molar-refractivity contribution >= 4 is 0 Å². The summed E-state index contributed by atoms with van der Waals surface area (Å²) < 4.78 is 0. The molecule has 0 spiro atoms. The van der Waals surface area contributed by atoms with E-state index in [-0.39, 0.29) is 0 Å². The molecule has 18 heavy (non-hydrogen) atoms. The number of fused-ring (bicyclic) bond motifs is 2. The Kier molecular flexibility index (Phi) is 3.12. The maximum absolute atomic E-state index is 10.9. The number of nitrogens with zero attached hydrogens (tertiary/aromatic N) is 2. The van der Waals surface area contributed by atoms with Crippen molar-refractivity contribution in [1.29, 1.82) is 0 Å². The fraction of sp³-hybridized carbons (Fsp3) is 0.667. The molecule has 3 heteroatoms. The lowest BCUT2D eigenvalue weighted by atomic mass is 9.73. The minimum Gasteiger partial charge on any atom is -0.389 e. The highest BCUT2D eigenvalue weighted by molar-refractivity contribution is 5.14. The monoisotopic (exact) mass is 246 g/mol. The Labute approximate surface area is 109 Å². The van der Waals surface area contributed by atoms with Crippen LogP contribution in [0.3, 0.4) is 0 Å². The van der Waals surface area contributed by atoms with Gasteiger partial charge in [0, 0.05) is 30.9 Å². The van der Waals surface area contributed by atoms with Crippen LogP contribution in [0.25, 0.3) is 0 Å². The van der Waals surface area contributed by atoms with Crippen molar-refractivity contribution in [3.63, 3.8) is 0 Å². The summed E-state index contributed by atoms with van der Waals surface area (Å²) in [7, 11) is 2.22. The molecule has 1 aromatic rings. The topological polar surface area (TPSA) is 36.4 Å². The van der Waals surface area contributed by atoms with Gasteiger partial charge in [0.05, 0.1) is 5.60 Å². The third-order valence-electron chi connectivity index (χ3n) is 4.71. The average Bonchev–Trinajstić information content (AvgIpc) is 2.33. The number of rotatable bonds is 2. The summed E-state index contributed by atoms with van der Waals surface area (Å²) in [6, 6.07) is 5.16. The van der Waals surface area contributed by atoms with Crippen LogP contribution in [0.5, 0.6) is 0 Å². The van der Waals surface area contributed by atoms with Crippen molar-refractivity contribution in [2.45, 2.75) is 56.2 Å². The van der Waals surface area contributed by atoms with Crippen LogP contribution < -0.4 is 0 Å². The van der Waals surface area contributed by atoms with Gasteiger partial charge in [0.1, 0.15) is 0 Å². The van der Waals surface area contributed by atoms with E-state index in [1.54, 1.807) is 6.20 Å². The molecule has 2 saturated heterocycles. The summed E-state index contributed by atoms with van der Waals surface area (Å²) in [4.78, 5) is 6.63. The highest BCUT2D eigenvalue weighted by Crippen LogP contribution is 2.39. The van der Waals surface area contributed by atoms with Crippen LogP contribution in [0.2, 0.25) is 0 Å². The first-order chi connectivity index (χ1) is 8.66. The molecule has 0 saturated carbocycles. The second-order valence-electron chi connectivity index (χ2n) is 6.07. The van der Waals surface area contributed by atoms with Crippen molar-refractivity contribution < 1.29 is 5.11 Å². The van der Waals surface area contributed by atoms with E-state index in [1.807, 2.05) is 12.3 Å². The van der Waals surface area contributed by atoms with Gasteiger partial charge in [-0.1, -0.05) is 12.5 Å². The van der Waals surface area contributed by atoms with E-state index in [0.29, 0.717) is 12.1 Å². The highest BCUT2D eigenvalue weighted by atomic mass is 16.3. The minimum absolute atomic E-state index is 0.523. The molecule has 2 aliphatic rings. The predicted molar refractivity (Wildman–Crippen MR) is 71.3 cm³/mol. The number of piperidine rings is 2. The van der Waals surface area contributed by atoms with E-state index < -0.39 is 5.60 Å². The smallest absolute Gasteiger partial charge is 0.0718 e.